The molecule has 5 nitrogen and oxygen atoms in total. The van der Waals surface area contributed by atoms with Crippen LogP contribution >= 0.6 is 0 Å². The van der Waals surface area contributed by atoms with Gasteiger partial charge in [0.1, 0.15) is 19.0 Å². The zero-order valence-corrected chi connectivity index (χ0v) is 16.7. The third kappa shape index (κ3) is 3.20. The van der Waals surface area contributed by atoms with Crippen molar-refractivity contribution in [2.75, 3.05) is 32.8 Å². The summed E-state index contributed by atoms with van der Waals surface area (Å²) in [5, 5.41) is 0. The molecule has 4 atom stereocenters. The number of likely N-dealkylation sites (tertiary alicyclic amines) is 1. The zero-order chi connectivity index (χ0) is 19.1. The molecule has 2 bridgehead atoms. The van der Waals surface area contributed by atoms with Crippen LogP contribution in [-0.2, 0) is 14.3 Å². The Hall–Kier alpha value is -2.01. The van der Waals surface area contributed by atoms with E-state index in [1.165, 1.54) is 31.2 Å². The van der Waals surface area contributed by atoms with Crippen LogP contribution in [0.4, 0.5) is 0 Å². The minimum Gasteiger partial charge on any atom is -0.491 e. The second-order valence-electron chi connectivity index (χ2n) is 8.78. The van der Waals surface area contributed by atoms with E-state index in [1.54, 1.807) is 0 Å². The van der Waals surface area contributed by atoms with Crippen molar-refractivity contribution in [3.8, 4) is 0 Å². The number of carbonyl (C=O) groups is 1. The highest BCUT2D eigenvalue weighted by Crippen LogP contribution is 2.44. The van der Waals surface area contributed by atoms with Crippen molar-refractivity contribution in [3.05, 3.63) is 47.4 Å². The molecule has 1 aromatic rings. The molecule has 0 aromatic heterocycles. The Morgan fingerprint density at radius 1 is 1.04 bits per heavy atom. The molecule has 1 amide bonds. The van der Waals surface area contributed by atoms with Crippen LogP contribution in [0.3, 0.4) is 0 Å². The summed E-state index contributed by atoms with van der Waals surface area (Å²) in [6.45, 7) is 5.61. The van der Waals surface area contributed by atoms with Gasteiger partial charge in [-0.3, -0.25) is 9.69 Å². The van der Waals surface area contributed by atoms with Gasteiger partial charge < -0.3 is 14.4 Å². The molecule has 3 fully saturated rings. The summed E-state index contributed by atoms with van der Waals surface area (Å²) < 4.78 is 11.2. The summed E-state index contributed by atoms with van der Waals surface area (Å²) >= 11 is 0. The van der Waals surface area contributed by atoms with Crippen LogP contribution in [0.25, 0.3) is 0 Å². The first-order valence-electron chi connectivity index (χ1n) is 10.8. The number of fused-ring (bicyclic) bond motifs is 4. The predicted octanol–water partition coefficient (Wildman–Crippen LogP) is 3.34. The van der Waals surface area contributed by atoms with Gasteiger partial charge in [0.25, 0.3) is 5.91 Å². The Morgan fingerprint density at radius 3 is 2.68 bits per heavy atom. The molecule has 0 saturated carbocycles. The summed E-state index contributed by atoms with van der Waals surface area (Å²) in [6, 6.07) is 12.1. The Bertz CT molecular complexity index is 762. The fourth-order valence-electron chi connectivity index (χ4n) is 5.87. The van der Waals surface area contributed by atoms with Gasteiger partial charge in [-0.05, 0) is 50.0 Å². The number of hydrogen-bond donors (Lipinski definition) is 0. The van der Waals surface area contributed by atoms with E-state index in [0.29, 0.717) is 48.7 Å². The Kier molecular flexibility index (Phi) is 4.79. The lowest BCUT2D eigenvalue weighted by molar-refractivity contribution is -0.140. The molecule has 1 aromatic carbocycles. The van der Waals surface area contributed by atoms with Crippen molar-refractivity contribution >= 4 is 5.91 Å². The number of ether oxygens (including phenoxy) is 2. The van der Waals surface area contributed by atoms with E-state index in [0.717, 1.165) is 19.6 Å². The van der Waals surface area contributed by atoms with E-state index >= 15 is 0 Å². The summed E-state index contributed by atoms with van der Waals surface area (Å²) in [5.74, 6) is 2.20. The standard InChI is InChI=1S/C23H30N2O3/c1-16-22(28-11-10-27-16)23(26)24-13-17-12-19(15-24)21-9-5-8-20(25(21)14-17)18-6-3-2-4-7-18/h2-4,6-7,17,19-21H,5,8-15H2,1H3/t17-,19+,20+,21-/m0/s1. The smallest absolute Gasteiger partial charge is 0.292 e. The van der Waals surface area contributed by atoms with Crippen molar-refractivity contribution in [3.63, 3.8) is 0 Å². The van der Waals surface area contributed by atoms with Crippen LogP contribution in [-0.4, -0.2) is 54.6 Å². The monoisotopic (exact) mass is 382 g/mol. The Labute approximate surface area is 167 Å². The number of hydrogen-bond acceptors (Lipinski definition) is 4. The molecular formula is C23H30N2O3. The van der Waals surface area contributed by atoms with Crippen LogP contribution in [0.2, 0.25) is 0 Å². The molecule has 0 unspecified atom stereocenters. The van der Waals surface area contributed by atoms with Crippen LogP contribution in [0.5, 0.6) is 0 Å². The summed E-state index contributed by atoms with van der Waals surface area (Å²) in [5.41, 5.74) is 1.45. The van der Waals surface area contributed by atoms with Gasteiger partial charge in [0.15, 0.2) is 0 Å². The highest BCUT2D eigenvalue weighted by Gasteiger charge is 2.46. The predicted molar refractivity (Wildman–Crippen MR) is 106 cm³/mol. The van der Waals surface area contributed by atoms with Crippen molar-refractivity contribution in [2.45, 2.75) is 44.7 Å². The maximum absolute atomic E-state index is 13.1. The molecule has 0 spiro atoms. The molecule has 0 N–H and O–H groups in total. The van der Waals surface area contributed by atoms with Crippen molar-refractivity contribution in [1.29, 1.82) is 0 Å². The number of nitrogens with zero attached hydrogens (tertiary/aromatic N) is 2. The topological polar surface area (TPSA) is 42.0 Å². The highest BCUT2D eigenvalue weighted by molar-refractivity contribution is 5.92. The first-order valence-corrected chi connectivity index (χ1v) is 10.8. The molecule has 28 heavy (non-hydrogen) atoms. The van der Waals surface area contributed by atoms with Crippen LogP contribution in [0.1, 0.15) is 44.2 Å². The van der Waals surface area contributed by atoms with Crippen LogP contribution < -0.4 is 0 Å². The first kappa shape index (κ1) is 18.0. The fraction of sp³-hybridized carbons (Fsp3) is 0.609. The summed E-state index contributed by atoms with van der Waals surface area (Å²) in [6.07, 6.45) is 5.03. The van der Waals surface area contributed by atoms with E-state index in [1.807, 2.05) is 11.8 Å². The molecular weight excluding hydrogens is 352 g/mol. The Morgan fingerprint density at radius 2 is 1.86 bits per heavy atom. The van der Waals surface area contributed by atoms with Crippen molar-refractivity contribution < 1.29 is 14.3 Å². The number of piperidine rings is 3. The number of rotatable bonds is 2. The largest absolute Gasteiger partial charge is 0.491 e. The average molecular weight is 383 g/mol. The van der Waals surface area contributed by atoms with Gasteiger partial charge in [0, 0.05) is 31.7 Å². The molecule has 150 valence electrons. The maximum atomic E-state index is 13.1. The number of amides is 1. The van der Waals surface area contributed by atoms with Gasteiger partial charge in [-0.1, -0.05) is 30.3 Å². The lowest BCUT2D eigenvalue weighted by Gasteiger charge is -2.55. The normalized spacial score (nSPS) is 33.0. The fourth-order valence-corrected chi connectivity index (χ4v) is 5.87. The molecule has 3 saturated heterocycles. The van der Waals surface area contributed by atoms with Crippen molar-refractivity contribution in [1.82, 2.24) is 9.80 Å². The maximum Gasteiger partial charge on any atom is 0.292 e. The Balaban J connectivity index is 1.35. The van der Waals surface area contributed by atoms with E-state index in [9.17, 15) is 4.79 Å². The summed E-state index contributed by atoms with van der Waals surface area (Å²) in [7, 11) is 0. The quantitative estimate of drug-likeness (QED) is 0.787. The molecule has 4 heterocycles. The molecule has 0 aliphatic carbocycles. The number of carbonyl (C=O) groups excluding carboxylic acids is 1. The highest BCUT2D eigenvalue weighted by atomic mass is 16.6. The zero-order valence-electron chi connectivity index (χ0n) is 16.7. The lowest BCUT2D eigenvalue weighted by atomic mass is 9.74. The molecule has 4 aliphatic heterocycles. The van der Waals surface area contributed by atoms with E-state index < -0.39 is 0 Å². The second-order valence-corrected chi connectivity index (χ2v) is 8.78. The van der Waals surface area contributed by atoms with E-state index in [-0.39, 0.29) is 5.91 Å². The average Bonchev–Trinajstić information content (AvgIpc) is 2.74. The first-order chi connectivity index (χ1) is 13.7. The molecule has 0 radical (unpaired) electrons. The van der Waals surface area contributed by atoms with E-state index in [2.05, 4.69) is 35.2 Å². The van der Waals surface area contributed by atoms with Crippen molar-refractivity contribution in [2.24, 2.45) is 11.8 Å². The van der Waals surface area contributed by atoms with Crippen LogP contribution in [0.15, 0.2) is 41.9 Å². The van der Waals surface area contributed by atoms with Gasteiger partial charge in [0.2, 0.25) is 5.76 Å². The SMILES string of the molecule is CC1=C(C(=O)N2C[C@@H]3C[C@H](C2)[C@@H]2CCC[C@H](c4ccccc4)N2C3)OCCO1. The number of allylic oxidation sites excluding steroid dienone is 1. The van der Waals surface area contributed by atoms with Gasteiger partial charge in [-0.15, -0.1) is 0 Å². The summed E-state index contributed by atoms with van der Waals surface area (Å²) in [4.78, 5) is 17.9. The second kappa shape index (κ2) is 7.43. The van der Waals surface area contributed by atoms with Gasteiger partial charge in [-0.2, -0.15) is 0 Å². The third-order valence-electron chi connectivity index (χ3n) is 7.02. The number of benzene rings is 1. The molecule has 5 heteroatoms. The van der Waals surface area contributed by atoms with Gasteiger partial charge in [-0.25, -0.2) is 0 Å². The van der Waals surface area contributed by atoms with Gasteiger partial charge >= 0.3 is 0 Å². The third-order valence-corrected chi connectivity index (χ3v) is 7.02. The van der Waals surface area contributed by atoms with E-state index in [4.69, 9.17) is 9.47 Å². The molecule has 4 aliphatic rings. The van der Waals surface area contributed by atoms with Crippen LogP contribution in [0, 0.1) is 11.8 Å². The van der Waals surface area contributed by atoms with Gasteiger partial charge in [0.05, 0.1) is 0 Å². The lowest BCUT2D eigenvalue weighted by Crippen LogP contribution is -2.60. The molecule has 5 rings (SSSR count). The minimum absolute atomic E-state index is 0.0239. The minimum atomic E-state index is 0.0239.